The molecule has 0 bridgehead atoms. The standard InChI is InChI=1S/C26H23NO6/c1-16-21(28)14-13-20-22(16)23(25(29)31-2)24(26(30)32-3)27(20)18-9-11-19(12-10-18)33-15-17-7-5-4-6-8-17/h4-14,28H,15H2,1-3H3. The SMILES string of the molecule is COC(=O)c1c(C(=O)OC)n(-c2ccc(OCc3ccccc3)cc2)c2ccc(O)c(C)c12. The number of nitrogens with zero attached hydrogens (tertiary/aromatic N) is 1. The molecule has 0 saturated heterocycles. The van der Waals surface area contributed by atoms with Crippen molar-refractivity contribution in [3.05, 3.63) is 89.1 Å². The molecule has 0 amide bonds. The topological polar surface area (TPSA) is 87.0 Å². The van der Waals surface area contributed by atoms with Crippen LogP contribution in [0.1, 0.15) is 32.0 Å². The first-order valence-corrected chi connectivity index (χ1v) is 10.3. The number of methoxy groups -OCH3 is 2. The lowest BCUT2D eigenvalue weighted by Gasteiger charge is -2.12. The summed E-state index contributed by atoms with van der Waals surface area (Å²) in [5.41, 5.74) is 2.74. The number of hydrogen-bond donors (Lipinski definition) is 1. The molecule has 0 fully saturated rings. The Labute approximate surface area is 190 Å². The van der Waals surface area contributed by atoms with Crippen molar-refractivity contribution in [3.8, 4) is 17.2 Å². The minimum atomic E-state index is -0.699. The van der Waals surface area contributed by atoms with Gasteiger partial charge in [-0.25, -0.2) is 9.59 Å². The van der Waals surface area contributed by atoms with Gasteiger partial charge >= 0.3 is 11.9 Å². The lowest BCUT2D eigenvalue weighted by Crippen LogP contribution is -2.15. The smallest absolute Gasteiger partial charge is 0.355 e. The van der Waals surface area contributed by atoms with Crippen LogP contribution >= 0.6 is 0 Å². The van der Waals surface area contributed by atoms with E-state index in [0.29, 0.717) is 34.5 Å². The molecule has 0 aliphatic rings. The van der Waals surface area contributed by atoms with Crippen molar-refractivity contribution in [1.29, 1.82) is 0 Å². The molecular formula is C26H23NO6. The van der Waals surface area contributed by atoms with E-state index in [0.717, 1.165) is 5.56 Å². The van der Waals surface area contributed by atoms with E-state index in [4.69, 9.17) is 14.2 Å². The largest absolute Gasteiger partial charge is 0.508 e. The zero-order chi connectivity index (χ0) is 23.5. The van der Waals surface area contributed by atoms with Gasteiger partial charge in [-0.15, -0.1) is 0 Å². The van der Waals surface area contributed by atoms with Crippen molar-refractivity contribution in [2.45, 2.75) is 13.5 Å². The maximum absolute atomic E-state index is 12.8. The highest BCUT2D eigenvalue weighted by molar-refractivity contribution is 6.15. The van der Waals surface area contributed by atoms with E-state index in [2.05, 4.69) is 0 Å². The third-order valence-electron chi connectivity index (χ3n) is 5.48. The van der Waals surface area contributed by atoms with Gasteiger partial charge in [-0.2, -0.15) is 0 Å². The van der Waals surface area contributed by atoms with Crippen molar-refractivity contribution < 1.29 is 28.9 Å². The Bertz CT molecular complexity index is 1320. The van der Waals surface area contributed by atoms with Gasteiger partial charge in [0.15, 0.2) is 0 Å². The van der Waals surface area contributed by atoms with Gasteiger partial charge in [0.05, 0.1) is 19.7 Å². The van der Waals surface area contributed by atoms with Crippen LogP contribution < -0.4 is 4.74 Å². The Balaban J connectivity index is 1.84. The van der Waals surface area contributed by atoms with E-state index in [1.807, 2.05) is 30.3 Å². The monoisotopic (exact) mass is 445 g/mol. The van der Waals surface area contributed by atoms with Crippen LogP contribution in [0.3, 0.4) is 0 Å². The summed E-state index contributed by atoms with van der Waals surface area (Å²) >= 11 is 0. The van der Waals surface area contributed by atoms with E-state index >= 15 is 0 Å². The predicted molar refractivity (Wildman–Crippen MR) is 123 cm³/mol. The zero-order valence-corrected chi connectivity index (χ0v) is 18.5. The third kappa shape index (κ3) is 4.01. The summed E-state index contributed by atoms with van der Waals surface area (Å²) < 4.78 is 17.4. The summed E-state index contributed by atoms with van der Waals surface area (Å²) in [6, 6.07) is 20.1. The van der Waals surface area contributed by atoms with Gasteiger partial charge in [-0.1, -0.05) is 30.3 Å². The number of fused-ring (bicyclic) bond motifs is 1. The fourth-order valence-corrected chi connectivity index (χ4v) is 3.83. The number of ether oxygens (including phenoxy) is 3. The molecule has 4 rings (SSSR count). The molecule has 0 saturated carbocycles. The molecule has 0 spiro atoms. The molecule has 0 aliphatic carbocycles. The summed E-state index contributed by atoms with van der Waals surface area (Å²) in [5.74, 6) is -0.739. The Hall–Kier alpha value is -4.26. The molecule has 7 nitrogen and oxygen atoms in total. The number of phenols is 1. The maximum atomic E-state index is 12.8. The minimum Gasteiger partial charge on any atom is -0.508 e. The Morgan fingerprint density at radius 1 is 0.879 bits per heavy atom. The predicted octanol–water partition coefficient (Wildman–Crippen LogP) is 4.80. The van der Waals surface area contributed by atoms with Crippen LogP contribution in [0.5, 0.6) is 11.5 Å². The van der Waals surface area contributed by atoms with Crippen LogP contribution in [0.2, 0.25) is 0 Å². The average Bonchev–Trinajstić information content (AvgIpc) is 3.20. The van der Waals surface area contributed by atoms with E-state index in [1.54, 1.807) is 41.8 Å². The molecule has 33 heavy (non-hydrogen) atoms. The summed E-state index contributed by atoms with van der Waals surface area (Å²) in [6.45, 7) is 2.10. The van der Waals surface area contributed by atoms with Crippen LogP contribution in [0, 0.1) is 6.92 Å². The number of rotatable bonds is 6. The highest BCUT2D eigenvalue weighted by Crippen LogP contribution is 2.36. The number of aryl methyl sites for hydroxylation is 1. The molecule has 0 unspecified atom stereocenters. The van der Waals surface area contributed by atoms with Crippen molar-refractivity contribution in [2.24, 2.45) is 0 Å². The number of hydrogen-bond acceptors (Lipinski definition) is 6. The lowest BCUT2D eigenvalue weighted by molar-refractivity contribution is 0.0551. The van der Waals surface area contributed by atoms with E-state index in [-0.39, 0.29) is 17.0 Å². The average molecular weight is 445 g/mol. The fourth-order valence-electron chi connectivity index (χ4n) is 3.83. The molecular weight excluding hydrogens is 422 g/mol. The van der Waals surface area contributed by atoms with E-state index < -0.39 is 11.9 Å². The summed E-state index contributed by atoms with van der Waals surface area (Å²) in [7, 11) is 2.49. The lowest BCUT2D eigenvalue weighted by atomic mass is 10.0. The molecule has 0 aliphatic heterocycles. The van der Waals surface area contributed by atoms with Gasteiger partial charge in [0.2, 0.25) is 0 Å². The van der Waals surface area contributed by atoms with Crippen molar-refractivity contribution >= 4 is 22.8 Å². The van der Waals surface area contributed by atoms with Crippen LogP contribution in [0.4, 0.5) is 0 Å². The Morgan fingerprint density at radius 3 is 2.18 bits per heavy atom. The van der Waals surface area contributed by atoms with Crippen molar-refractivity contribution in [3.63, 3.8) is 0 Å². The molecule has 7 heteroatoms. The van der Waals surface area contributed by atoms with Crippen LogP contribution in [-0.2, 0) is 16.1 Å². The molecule has 1 heterocycles. The minimum absolute atomic E-state index is 0.00544. The molecule has 168 valence electrons. The number of phenolic OH excluding ortho intramolecular Hbond substituents is 1. The van der Waals surface area contributed by atoms with Gasteiger partial charge in [0.1, 0.15) is 29.4 Å². The van der Waals surface area contributed by atoms with Gasteiger partial charge < -0.3 is 23.9 Å². The number of aromatic hydroxyl groups is 1. The second-order valence-electron chi connectivity index (χ2n) is 7.41. The van der Waals surface area contributed by atoms with Gasteiger partial charge in [-0.3, -0.25) is 0 Å². The van der Waals surface area contributed by atoms with Crippen molar-refractivity contribution in [1.82, 2.24) is 4.57 Å². The van der Waals surface area contributed by atoms with E-state index in [9.17, 15) is 14.7 Å². The highest BCUT2D eigenvalue weighted by atomic mass is 16.5. The first-order chi connectivity index (χ1) is 16.0. The first kappa shape index (κ1) is 22.0. The van der Waals surface area contributed by atoms with Crippen LogP contribution in [0.15, 0.2) is 66.7 Å². The number of carbonyl (C=O) groups is 2. The van der Waals surface area contributed by atoms with Gasteiger partial charge in [0, 0.05) is 16.6 Å². The summed E-state index contributed by atoms with van der Waals surface area (Å²) in [4.78, 5) is 25.5. The molecule has 1 aromatic heterocycles. The molecule has 1 N–H and O–H groups in total. The number of aromatic nitrogens is 1. The highest BCUT2D eigenvalue weighted by Gasteiger charge is 2.31. The Kier molecular flexibility index (Phi) is 6.04. The normalized spacial score (nSPS) is 10.8. The summed E-state index contributed by atoms with van der Waals surface area (Å²) in [6.07, 6.45) is 0. The quantitative estimate of drug-likeness (QED) is 0.429. The maximum Gasteiger partial charge on any atom is 0.355 e. The number of carbonyl (C=O) groups excluding carboxylic acids is 2. The van der Waals surface area contributed by atoms with Crippen LogP contribution in [-0.4, -0.2) is 35.8 Å². The number of benzene rings is 3. The zero-order valence-electron chi connectivity index (χ0n) is 18.5. The summed E-state index contributed by atoms with van der Waals surface area (Å²) in [5, 5.41) is 10.7. The third-order valence-corrected chi connectivity index (χ3v) is 5.48. The van der Waals surface area contributed by atoms with Gasteiger partial charge in [0.25, 0.3) is 0 Å². The second kappa shape index (κ2) is 9.08. The Morgan fingerprint density at radius 2 is 1.55 bits per heavy atom. The van der Waals surface area contributed by atoms with Crippen molar-refractivity contribution in [2.75, 3.05) is 14.2 Å². The molecule has 3 aromatic carbocycles. The van der Waals surface area contributed by atoms with Gasteiger partial charge in [-0.05, 0) is 48.9 Å². The molecule has 0 radical (unpaired) electrons. The molecule has 0 atom stereocenters. The van der Waals surface area contributed by atoms with E-state index in [1.165, 1.54) is 20.3 Å². The first-order valence-electron chi connectivity index (χ1n) is 10.3. The fraction of sp³-hybridized carbons (Fsp3) is 0.154. The second-order valence-corrected chi connectivity index (χ2v) is 7.41. The van der Waals surface area contributed by atoms with Crippen LogP contribution in [0.25, 0.3) is 16.6 Å². The number of esters is 2. The molecule has 4 aromatic rings.